The van der Waals surface area contributed by atoms with Crippen LogP contribution in [0.1, 0.15) is 93.9 Å². The molecule has 0 saturated carbocycles. The molecule has 0 bridgehead atoms. The summed E-state index contributed by atoms with van der Waals surface area (Å²) in [5, 5.41) is 2.35. The van der Waals surface area contributed by atoms with E-state index in [1.165, 1.54) is 68.0 Å². The Balaban J connectivity index is 1.60. The third kappa shape index (κ3) is 9.24. The average Bonchev–Trinajstić information content (AvgIpc) is 2.90. The number of alkyl halides is 3. The fourth-order valence-corrected chi connectivity index (χ4v) is 4.69. The lowest BCUT2D eigenvalue weighted by Gasteiger charge is -2.22. The van der Waals surface area contributed by atoms with Crippen LogP contribution in [0.3, 0.4) is 0 Å². The summed E-state index contributed by atoms with van der Waals surface area (Å²) in [7, 11) is 0. The maximum Gasteiger partial charge on any atom is 0.416 e. The molecule has 0 unspecified atom stereocenters. The van der Waals surface area contributed by atoms with Crippen LogP contribution in [0.4, 0.5) is 13.2 Å². The first kappa shape index (κ1) is 28.8. The number of benzene rings is 3. The monoisotopic (exact) mass is 507 g/mol. The second-order valence-corrected chi connectivity index (χ2v) is 9.84. The number of hydrogen-bond acceptors (Lipinski definition) is 1. The Kier molecular flexibility index (Phi) is 11.5. The van der Waals surface area contributed by atoms with Crippen molar-refractivity contribution in [1.29, 1.82) is 0 Å². The van der Waals surface area contributed by atoms with E-state index in [0.29, 0.717) is 6.54 Å². The van der Waals surface area contributed by atoms with Gasteiger partial charge in [0.1, 0.15) is 0 Å². The number of rotatable bonds is 13. The number of unbranched alkanes of at least 4 members (excludes halogenated alkanes) is 8. The predicted molar refractivity (Wildman–Crippen MR) is 149 cm³/mol. The summed E-state index contributed by atoms with van der Waals surface area (Å²) in [5.41, 5.74) is 2.54. The van der Waals surface area contributed by atoms with Crippen LogP contribution in [0.25, 0.3) is 10.8 Å². The largest absolute Gasteiger partial charge is 0.416 e. The first-order valence-electron chi connectivity index (χ1n) is 13.8. The van der Waals surface area contributed by atoms with Gasteiger partial charge in [-0.1, -0.05) is 113 Å². The number of nitrogens with zero attached hydrogens (tertiary/aromatic N) is 1. The van der Waals surface area contributed by atoms with E-state index >= 15 is 0 Å². The third-order valence-corrected chi connectivity index (χ3v) is 6.92. The first-order valence-corrected chi connectivity index (χ1v) is 13.8. The number of hydrogen-bond donors (Lipinski definition) is 0. The lowest BCUT2D eigenvalue weighted by atomic mass is 9.99. The summed E-state index contributed by atoms with van der Waals surface area (Å²) in [4.78, 5) is 2.25. The normalized spacial score (nSPS) is 11.6. The zero-order valence-corrected chi connectivity index (χ0v) is 22.3. The molecular weight excluding hydrogens is 467 g/mol. The lowest BCUT2D eigenvalue weighted by molar-refractivity contribution is -0.137. The molecule has 4 heteroatoms. The molecule has 3 rings (SSSR count). The second-order valence-electron chi connectivity index (χ2n) is 9.84. The predicted octanol–water partition coefficient (Wildman–Crippen LogP) is 9.76. The Labute approximate surface area is 221 Å². The molecule has 1 nitrogen and oxygen atoms in total. The summed E-state index contributed by atoms with van der Waals surface area (Å²) in [6, 6.07) is 18.1. The molecule has 0 atom stereocenters. The van der Waals surface area contributed by atoms with Crippen molar-refractivity contribution in [3.63, 3.8) is 0 Å². The van der Waals surface area contributed by atoms with Crippen LogP contribution >= 0.6 is 0 Å². The van der Waals surface area contributed by atoms with Gasteiger partial charge in [0.25, 0.3) is 0 Å². The topological polar surface area (TPSA) is 3.24 Å². The zero-order chi connectivity index (χ0) is 26.5. The van der Waals surface area contributed by atoms with E-state index in [-0.39, 0.29) is 0 Å². The van der Waals surface area contributed by atoms with Crippen molar-refractivity contribution in [2.75, 3.05) is 6.54 Å². The van der Waals surface area contributed by atoms with Gasteiger partial charge in [-0.3, -0.25) is 4.90 Å². The molecule has 37 heavy (non-hydrogen) atoms. The van der Waals surface area contributed by atoms with E-state index in [0.717, 1.165) is 42.4 Å². The fourth-order valence-electron chi connectivity index (χ4n) is 4.69. The van der Waals surface area contributed by atoms with Crippen molar-refractivity contribution in [2.24, 2.45) is 0 Å². The minimum atomic E-state index is -4.31. The van der Waals surface area contributed by atoms with Crippen molar-refractivity contribution in [3.05, 3.63) is 82.9 Å². The summed E-state index contributed by atoms with van der Waals surface area (Å²) < 4.78 is 38.7. The average molecular weight is 508 g/mol. The van der Waals surface area contributed by atoms with Gasteiger partial charge in [0.2, 0.25) is 0 Å². The Morgan fingerprint density at radius 3 is 2.00 bits per heavy atom. The van der Waals surface area contributed by atoms with Crippen molar-refractivity contribution >= 4 is 10.8 Å². The summed E-state index contributed by atoms with van der Waals surface area (Å²) in [6.07, 6.45) is 7.07. The molecule has 0 N–H and O–H groups in total. The first-order chi connectivity index (χ1) is 17.9. The van der Waals surface area contributed by atoms with Crippen molar-refractivity contribution in [2.45, 2.75) is 90.9 Å². The second kappa shape index (κ2) is 14.8. The molecule has 198 valence electrons. The Hall–Kier alpha value is -2.77. The molecule has 0 aliphatic heterocycles. The molecule has 0 aromatic heterocycles. The molecule has 0 radical (unpaired) electrons. The highest BCUT2D eigenvalue weighted by molar-refractivity contribution is 5.90. The number of halogens is 3. The summed E-state index contributed by atoms with van der Waals surface area (Å²) >= 11 is 0. The van der Waals surface area contributed by atoms with E-state index in [1.807, 2.05) is 0 Å². The van der Waals surface area contributed by atoms with Gasteiger partial charge in [-0.25, -0.2) is 0 Å². The van der Waals surface area contributed by atoms with E-state index in [2.05, 4.69) is 67.0 Å². The molecule has 3 aromatic rings. The van der Waals surface area contributed by atoms with Crippen LogP contribution in [0.2, 0.25) is 0 Å². The molecular formula is C33H40F3N. The lowest BCUT2D eigenvalue weighted by Crippen LogP contribution is -2.22. The Morgan fingerprint density at radius 2 is 1.35 bits per heavy atom. The highest BCUT2D eigenvalue weighted by Gasteiger charge is 2.29. The fraction of sp³-hybridized carbons (Fsp3) is 0.455. The summed E-state index contributed by atoms with van der Waals surface area (Å²) in [6.45, 7) is 6.46. The molecule has 0 spiro atoms. The SMILES string of the molecule is CCCCCCCCCCC#Cc1ccc(CN(CC)Cc2ccc(C(F)(F)F)cc2)c2ccccc12. The standard InChI is InChI=1S/C33H40F3N/c1-3-5-6-7-8-9-10-11-12-13-16-28-21-22-29(32-18-15-14-17-31(28)32)26-37(4-2)25-27-19-23-30(24-20-27)33(34,35)36/h14-15,17-24H,3-12,25-26H2,1-2H3. The van der Waals surface area contributed by atoms with E-state index in [1.54, 1.807) is 12.1 Å². The highest BCUT2D eigenvalue weighted by atomic mass is 19.4. The molecule has 0 amide bonds. The van der Waals surface area contributed by atoms with Gasteiger partial charge < -0.3 is 0 Å². The summed E-state index contributed by atoms with van der Waals surface area (Å²) in [5.74, 6) is 6.79. The third-order valence-electron chi connectivity index (χ3n) is 6.92. The van der Waals surface area contributed by atoms with Crippen LogP contribution in [0, 0.1) is 11.8 Å². The van der Waals surface area contributed by atoms with Crippen LogP contribution in [-0.2, 0) is 19.3 Å². The van der Waals surface area contributed by atoms with E-state index < -0.39 is 11.7 Å². The highest BCUT2D eigenvalue weighted by Crippen LogP contribution is 2.29. The quantitative estimate of drug-likeness (QED) is 0.164. The van der Waals surface area contributed by atoms with Crippen molar-refractivity contribution in [3.8, 4) is 11.8 Å². The van der Waals surface area contributed by atoms with Gasteiger partial charge in [-0.15, -0.1) is 0 Å². The smallest absolute Gasteiger partial charge is 0.295 e. The van der Waals surface area contributed by atoms with Crippen LogP contribution in [0.15, 0.2) is 60.7 Å². The van der Waals surface area contributed by atoms with Gasteiger partial charge >= 0.3 is 6.18 Å². The van der Waals surface area contributed by atoms with E-state index in [9.17, 15) is 13.2 Å². The minimum absolute atomic E-state index is 0.600. The number of fused-ring (bicyclic) bond motifs is 1. The Morgan fingerprint density at radius 1 is 0.703 bits per heavy atom. The molecule has 0 heterocycles. The van der Waals surface area contributed by atoms with Gasteiger partial charge in [0.05, 0.1) is 5.56 Å². The van der Waals surface area contributed by atoms with Gasteiger partial charge in [0.15, 0.2) is 0 Å². The molecule has 0 saturated heterocycles. The zero-order valence-electron chi connectivity index (χ0n) is 22.3. The van der Waals surface area contributed by atoms with Gasteiger partial charge in [-0.2, -0.15) is 13.2 Å². The van der Waals surface area contributed by atoms with Crippen LogP contribution in [-0.4, -0.2) is 11.4 Å². The van der Waals surface area contributed by atoms with Gasteiger partial charge in [-0.05, 0) is 53.1 Å². The van der Waals surface area contributed by atoms with E-state index in [4.69, 9.17) is 0 Å². The van der Waals surface area contributed by atoms with Gasteiger partial charge in [0, 0.05) is 25.1 Å². The van der Waals surface area contributed by atoms with Crippen molar-refractivity contribution in [1.82, 2.24) is 4.90 Å². The van der Waals surface area contributed by atoms with Crippen molar-refractivity contribution < 1.29 is 13.2 Å². The Bertz CT molecular complexity index is 1150. The maximum atomic E-state index is 12.9. The van der Waals surface area contributed by atoms with Crippen LogP contribution in [0.5, 0.6) is 0 Å². The molecule has 0 aliphatic carbocycles. The molecule has 3 aromatic carbocycles. The molecule has 0 aliphatic rings. The van der Waals surface area contributed by atoms with Crippen LogP contribution < -0.4 is 0 Å². The minimum Gasteiger partial charge on any atom is -0.295 e. The molecule has 0 fully saturated rings. The maximum absolute atomic E-state index is 12.9.